The molecule has 1 aromatic heterocycles. The zero-order chi connectivity index (χ0) is 9.84. The third-order valence-electron chi connectivity index (χ3n) is 1.81. The molecule has 1 amide bonds. The molecule has 72 valence electrons. The van der Waals surface area contributed by atoms with Gasteiger partial charge in [0.15, 0.2) is 0 Å². The monoisotopic (exact) mass is 182 g/mol. The van der Waals surface area contributed by atoms with Gasteiger partial charge in [0, 0.05) is 25.2 Å². The molecule has 1 unspecified atom stereocenters. The van der Waals surface area contributed by atoms with Crippen molar-refractivity contribution in [1.29, 1.82) is 0 Å². The van der Waals surface area contributed by atoms with E-state index >= 15 is 0 Å². The Kier molecular flexibility index (Phi) is 3.02. The van der Waals surface area contributed by atoms with Crippen LogP contribution in [0.15, 0.2) is 12.5 Å². The van der Waals surface area contributed by atoms with Crippen molar-refractivity contribution in [1.82, 2.24) is 9.55 Å². The molecule has 13 heavy (non-hydrogen) atoms. The predicted molar refractivity (Wildman–Crippen MR) is 48.6 cm³/mol. The fourth-order valence-electron chi connectivity index (χ4n) is 1.13. The molecule has 0 bridgehead atoms. The smallest absolute Gasteiger partial charge is 0.219 e. The molecular weight excluding hydrogens is 168 g/mol. The second kappa shape index (κ2) is 4.04. The summed E-state index contributed by atoms with van der Waals surface area (Å²) in [5, 5.41) is 0. The van der Waals surface area contributed by atoms with Gasteiger partial charge in [-0.2, -0.15) is 0 Å². The standard InChI is InChI=1S/C8H14N4O/c1-6(9)7-4-11-5-12(7)3-2-8(10)13/h4-6H,2-3,9H2,1H3,(H2,10,13). The molecule has 5 nitrogen and oxygen atoms in total. The van der Waals surface area contributed by atoms with Crippen molar-refractivity contribution in [2.24, 2.45) is 11.5 Å². The minimum absolute atomic E-state index is 0.0737. The van der Waals surface area contributed by atoms with Crippen molar-refractivity contribution in [2.45, 2.75) is 25.9 Å². The number of aromatic nitrogens is 2. The zero-order valence-corrected chi connectivity index (χ0v) is 7.60. The fraction of sp³-hybridized carbons (Fsp3) is 0.500. The lowest BCUT2D eigenvalue weighted by atomic mass is 10.2. The van der Waals surface area contributed by atoms with Crippen LogP contribution in [-0.4, -0.2) is 15.5 Å². The molecule has 0 aliphatic rings. The maximum atomic E-state index is 10.5. The van der Waals surface area contributed by atoms with Crippen LogP contribution in [0.25, 0.3) is 0 Å². The summed E-state index contributed by atoms with van der Waals surface area (Å²) in [5.41, 5.74) is 11.6. The number of amides is 1. The summed E-state index contributed by atoms with van der Waals surface area (Å²) < 4.78 is 1.84. The lowest BCUT2D eigenvalue weighted by molar-refractivity contribution is -0.118. The van der Waals surface area contributed by atoms with Crippen LogP contribution in [0.3, 0.4) is 0 Å². The normalized spacial score (nSPS) is 12.8. The summed E-state index contributed by atoms with van der Waals surface area (Å²) in [5.74, 6) is -0.315. The van der Waals surface area contributed by atoms with Gasteiger partial charge in [0.2, 0.25) is 5.91 Å². The van der Waals surface area contributed by atoms with Gasteiger partial charge in [0.25, 0.3) is 0 Å². The maximum absolute atomic E-state index is 10.5. The highest BCUT2D eigenvalue weighted by atomic mass is 16.1. The Morgan fingerprint density at radius 3 is 3.00 bits per heavy atom. The highest BCUT2D eigenvalue weighted by molar-refractivity contribution is 5.73. The number of nitrogens with zero attached hydrogens (tertiary/aromatic N) is 2. The molecule has 0 aliphatic carbocycles. The third kappa shape index (κ3) is 2.55. The van der Waals surface area contributed by atoms with E-state index < -0.39 is 0 Å². The van der Waals surface area contributed by atoms with Gasteiger partial charge >= 0.3 is 0 Å². The zero-order valence-electron chi connectivity index (χ0n) is 7.60. The molecule has 0 saturated carbocycles. The van der Waals surface area contributed by atoms with Crippen LogP contribution in [0.1, 0.15) is 25.1 Å². The molecule has 0 aliphatic heterocycles. The largest absolute Gasteiger partial charge is 0.370 e. The third-order valence-corrected chi connectivity index (χ3v) is 1.81. The lowest BCUT2D eigenvalue weighted by Crippen LogP contribution is -2.17. The van der Waals surface area contributed by atoms with E-state index in [2.05, 4.69) is 4.98 Å². The SMILES string of the molecule is CC(N)c1cncn1CCC(N)=O. The maximum Gasteiger partial charge on any atom is 0.219 e. The van der Waals surface area contributed by atoms with Crippen LogP contribution in [0, 0.1) is 0 Å². The molecule has 0 fully saturated rings. The van der Waals surface area contributed by atoms with Gasteiger partial charge in [-0.25, -0.2) is 4.98 Å². The van der Waals surface area contributed by atoms with E-state index in [1.807, 2.05) is 11.5 Å². The van der Waals surface area contributed by atoms with Gasteiger partial charge in [-0.3, -0.25) is 4.79 Å². The van der Waals surface area contributed by atoms with Crippen molar-refractivity contribution in [2.75, 3.05) is 0 Å². The van der Waals surface area contributed by atoms with Crippen LogP contribution in [0.4, 0.5) is 0 Å². The number of carbonyl (C=O) groups is 1. The van der Waals surface area contributed by atoms with Gasteiger partial charge in [0.05, 0.1) is 12.0 Å². The number of carbonyl (C=O) groups excluding carboxylic acids is 1. The summed E-state index contributed by atoms with van der Waals surface area (Å²) in [7, 11) is 0. The first-order chi connectivity index (χ1) is 6.11. The van der Waals surface area contributed by atoms with Crippen LogP contribution in [-0.2, 0) is 11.3 Å². The highest BCUT2D eigenvalue weighted by Crippen LogP contribution is 2.08. The van der Waals surface area contributed by atoms with E-state index in [1.54, 1.807) is 12.5 Å². The van der Waals surface area contributed by atoms with Gasteiger partial charge in [-0.05, 0) is 6.92 Å². The van der Waals surface area contributed by atoms with Crippen LogP contribution < -0.4 is 11.5 Å². The van der Waals surface area contributed by atoms with E-state index in [4.69, 9.17) is 11.5 Å². The van der Waals surface area contributed by atoms with Gasteiger partial charge in [-0.15, -0.1) is 0 Å². The summed E-state index contributed by atoms with van der Waals surface area (Å²) in [6.45, 7) is 2.42. The van der Waals surface area contributed by atoms with Crippen LogP contribution in [0.5, 0.6) is 0 Å². The average Bonchev–Trinajstić information content (AvgIpc) is 2.47. The van der Waals surface area contributed by atoms with E-state index in [0.717, 1.165) is 5.69 Å². The molecule has 5 heteroatoms. The first kappa shape index (κ1) is 9.73. The molecular formula is C8H14N4O. The summed E-state index contributed by atoms with van der Waals surface area (Å²) in [4.78, 5) is 14.5. The Hall–Kier alpha value is -1.36. The van der Waals surface area contributed by atoms with E-state index in [0.29, 0.717) is 13.0 Å². The number of rotatable bonds is 4. The number of primary amides is 1. The first-order valence-electron chi connectivity index (χ1n) is 4.15. The molecule has 4 N–H and O–H groups in total. The predicted octanol–water partition coefficient (Wildman–Crippen LogP) is -0.222. The summed E-state index contributed by atoms with van der Waals surface area (Å²) >= 11 is 0. The van der Waals surface area contributed by atoms with Crippen molar-refractivity contribution in [3.63, 3.8) is 0 Å². The van der Waals surface area contributed by atoms with E-state index in [1.165, 1.54) is 0 Å². The molecule has 1 aromatic rings. The number of imidazole rings is 1. The minimum atomic E-state index is -0.315. The Morgan fingerprint density at radius 1 is 1.77 bits per heavy atom. The van der Waals surface area contributed by atoms with Crippen molar-refractivity contribution < 1.29 is 4.79 Å². The van der Waals surface area contributed by atoms with Gasteiger partial charge < -0.3 is 16.0 Å². The molecule has 0 saturated heterocycles. The Bertz CT molecular complexity index is 292. The quantitative estimate of drug-likeness (QED) is 0.674. The van der Waals surface area contributed by atoms with Gasteiger partial charge in [0.1, 0.15) is 0 Å². The summed E-state index contributed by atoms with van der Waals surface area (Å²) in [6, 6.07) is -0.0737. The average molecular weight is 182 g/mol. The molecule has 0 radical (unpaired) electrons. The van der Waals surface area contributed by atoms with Gasteiger partial charge in [-0.1, -0.05) is 0 Å². The van der Waals surface area contributed by atoms with Crippen molar-refractivity contribution in [3.8, 4) is 0 Å². The molecule has 1 atom stereocenters. The minimum Gasteiger partial charge on any atom is -0.370 e. The fourth-order valence-corrected chi connectivity index (χ4v) is 1.13. The Balaban J connectivity index is 2.65. The molecule has 1 heterocycles. The number of hydrogen-bond donors (Lipinski definition) is 2. The number of hydrogen-bond acceptors (Lipinski definition) is 3. The molecule has 1 rings (SSSR count). The van der Waals surface area contributed by atoms with E-state index in [9.17, 15) is 4.79 Å². The Morgan fingerprint density at radius 2 is 2.46 bits per heavy atom. The van der Waals surface area contributed by atoms with Crippen LogP contribution in [0.2, 0.25) is 0 Å². The first-order valence-corrected chi connectivity index (χ1v) is 4.15. The van der Waals surface area contributed by atoms with Crippen molar-refractivity contribution in [3.05, 3.63) is 18.2 Å². The second-order valence-corrected chi connectivity index (χ2v) is 3.02. The number of aryl methyl sites for hydroxylation is 1. The highest BCUT2D eigenvalue weighted by Gasteiger charge is 2.06. The van der Waals surface area contributed by atoms with E-state index in [-0.39, 0.29) is 11.9 Å². The van der Waals surface area contributed by atoms with Crippen molar-refractivity contribution >= 4 is 5.91 Å². The topological polar surface area (TPSA) is 86.9 Å². The number of nitrogens with two attached hydrogens (primary N) is 2. The lowest BCUT2D eigenvalue weighted by Gasteiger charge is -2.08. The van der Waals surface area contributed by atoms with Crippen LogP contribution >= 0.6 is 0 Å². The molecule has 0 aromatic carbocycles. The molecule has 0 spiro atoms. The summed E-state index contributed by atoms with van der Waals surface area (Å²) in [6.07, 6.45) is 3.67. The Labute approximate surface area is 76.7 Å². The second-order valence-electron chi connectivity index (χ2n) is 3.02.